The van der Waals surface area contributed by atoms with Crippen molar-refractivity contribution in [1.82, 2.24) is 14.6 Å². The zero-order chi connectivity index (χ0) is 14.1. The maximum absolute atomic E-state index is 11.7. The highest BCUT2D eigenvalue weighted by Crippen LogP contribution is 2.24. The number of methoxy groups -OCH3 is 1. The predicted octanol–water partition coefficient (Wildman–Crippen LogP) is 2.95. The maximum Gasteiger partial charge on any atom is 0.341 e. The largest absolute Gasteiger partial charge is 0.465 e. The van der Waals surface area contributed by atoms with E-state index in [-0.39, 0.29) is 0 Å². The van der Waals surface area contributed by atoms with Gasteiger partial charge in [-0.05, 0) is 24.3 Å². The molecule has 0 atom stereocenters. The van der Waals surface area contributed by atoms with Crippen molar-refractivity contribution >= 4 is 27.5 Å². The minimum Gasteiger partial charge on any atom is -0.465 e. The van der Waals surface area contributed by atoms with Crippen LogP contribution in [0.3, 0.4) is 0 Å². The van der Waals surface area contributed by atoms with Crippen molar-refractivity contribution in [3.8, 4) is 11.3 Å². The number of carbonyl (C=O) groups is 1. The quantitative estimate of drug-likeness (QED) is 0.677. The molecular weight excluding hydrogens is 322 g/mol. The summed E-state index contributed by atoms with van der Waals surface area (Å²) in [6.07, 6.45) is 1.42. The molecule has 0 saturated heterocycles. The Morgan fingerprint density at radius 3 is 2.90 bits per heavy atom. The number of rotatable bonds is 2. The summed E-state index contributed by atoms with van der Waals surface area (Å²) >= 11 is 3.44. The van der Waals surface area contributed by atoms with Crippen LogP contribution in [0.4, 0.5) is 0 Å². The van der Waals surface area contributed by atoms with Crippen LogP contribution < -0.4 is 0 Å². The molecule has 0 aliphatic heterocycles. The molecule has 0 bridgehead atoms. The molecule has 0 radical (unpaired) electrons. The van der Waals surface area contributed by atoms with Gasteiger partial charge in [0.2, 0.25) is 0 Å². The van der Waals surface area contributed by atoms with E-state index in [0.29, 0.717) is 11.2 Å². The van der Waals surface area contributed by atoms with Crippen LogP contribution in [-0.4, -0.2) is 27.7 Å². The lowest BCUT2D eigenvalue weighted by Gasteiger charge is -2.07. The van der Waals surface area contributed by atoms with E-state index in [9.17, 15) is 4.79 Å². The molecule has 20 heavy (non-hydrogen) atoms. The van der Waals surface area contributed by atoms with E-state index in [4.69, 9.17) is 4.74 Å². The van der Waals surface area contributed by atoms with Crippen molar-refractivity contribution in [2.45, 2.75) is 0 Å². The second-order valence-corrected chi connectivity index (χ2v) is 5.05. The molecule has 3 rings (SSSR count). The summed E-state index contributed by atoms with van der Waals surface area (Å²) in [5.41, 5.74) is 2.70. The first-order valence-corrected chi connectivity index (χ1v) is 6.67. The SMILES string of the molecule is COC(=O)c1ccc(-c2cccc(Br)c2)n2ncnc12. The van der Waals surface area contributed by atoms with Crippen LogP contribution in [0.1, 0.15) is 10.4 Å². The average Bonchev–Trinajstić information content (AvgIpc) is 2.94. The fourth-order valence-corrected chi connectivity index (χ4v) is 2.44. The summed E-state index contributed by atoms with van der Waals surface area (Å²) in [6, 6.07) is 11.4. The van der Waals surface area contributed by atoms with Gasteiger partial charge in [-0.3, -0.25) is 0 Å². The monoisotopic (exact) mass is 331 g/mol. The molecule has 0 unspecified atom stereocenters. The standard InChI is InChI=1S/C14H10BrN3O2/c1-20-14(19)11-5-6-12(18-13(11)16-8-17-18)9-3-2-4-10(15)7-9/h2-8H,1H3. The number of aromatic nitrogens is 3. The van der Waals surface area contributed by atoms with Crippen LogP contribution in [0.2, 0.25) is 0 Å². The van der Waals surface area contributed by atoms with E-state index in [2.05, 4.69) is 26.0 Å². The lowest BCUT2D eigenvalue weighted by atomic mass is 10.1. The van der Waals surface area contributed by atoms with Crippen LogP contribution >= 0.6 is 15.9 Å². The first-order valence-electron chi connectivity index (χ1n) is 5.87. The van der Waals surface area contributed by atoms with Gasteiger partial charge >= 0.3 is 5.97 Å². The number of hydrogen-bond acceptors (Lipinski definition) is 4. The van der Waals surface area contributed by atoms with E-state index in [0.717, 1.165) is 15.7 Å². The molecule has 0 aliphatic rings. The molecule has 0 N–H and O–H groups in total. The topological polar surface area (TPSA) is 56.5 Å². The zero-order valence-corrected chi connectivity index (χ0v) is 12.2. The molecule has 3 aromatic rings. The van der Waals surface area contributed by atoms with Crippen LogP contribution in [-0.2, 0) is 4.74 Å². The van der Waals surface area contributed by atoms with Gasteiger partial charge in [0.25, 0.3) is 0 Å². The lowest BCUT2D eigenvalue weighted by molar-refractivity contribution is 0.0602. The number of pyridine rings is 1. The summed E-state index contributed by atoms with van der Waals surface area (Å²) in [5.74, 6) is -0.427. The van der Waals surface area contributed by atoms with Crippen LogP contribution in [0, 0.1) is 0 Å². The fourth-order valence-electron chi connectivity index (χ4n) is 2.04. The Hall–Kier alpha value is -2.21. The van der Waals surface area contributed by atoms with Gasteiger partial charge in [0.05, 0.1) is 12.8 Å². The number of fused-ring (bicyclic) bond motifs is 1. The Morgan fingerprint density at radius 1 is 1.30 bits per heavy atom. The number of benzene rings is 1. The molecule has 1 aromatic carbocycles. The van der Waals surface area contributed by atoms with Crippen molar-refractivity contribution in [2.75, 3.05) is 7.11 Å². The van der Waals surface area contributed by atoms with Crippen molar-refractivity contribution in [2.24, 2.45) is 0 Å². The summed E-state index contributed by atoms with van der Waals surface area (Å²) in [6.45, 7) is 0. The third kappa shape index (κ3) is 2.08. The van der Waals surface area contributed by atoms with Gasteiger partial charge in [0.15, 0.2) is 5.65 Å². The average molecular weight is 332 g/mol. The first kappa shape index (κ1) is 12.8. The van der Waals surface area contributed by atoms with Gasteiger partial charge in [-0.1, -0.05) is 28.1 Å². The van der Waals surface area contributed by atoms with Gasteiger partial charge in [-0.25, -0.2) is 14.3 Å². The first-order chi connectivity index (χ1) is 9.70. The maximum atomic E-state index is 11.7. The number of nitrogens with zero attached hydrogens (tertiary/aromatic N) is 3. The number of carbonyl (C=O) groups excluding carboxylic acids is 1. The lowest BCUT2D eigenvalue weighted by Crippen LogP contribution is -2.06. The van der Waals surface area contributed by atoms with Crippen molar-refractivity contribution in [3.05, 3.63) is 52.8 Å². The highest BCUT2D eigenvalue weighted by molar-refractivity contribution is 9.10. The zero-order valence-electron chi connectivity index (χ0n) is 10.6. The number of esters is 1. The highest BCUT2D eigenvalue weighted by Gasteiger charge is 2.15. The number of ether oxygens (including phenoxy) is 1. The van der Waals surface area contributed by atoms with Crippen molar-refractivity contribution in [1.29, 1.82) is 0 Å². The minimum absolute atomic E-state index is 0.392. The van der Waals surface area contributed by atoms with Gasteiger partial charge in [0, 0.05) is 10.0 Å². The molecule has 0 saturated carbocycles. The van der Waals surface area contributed by atoms with Crippen LogP contribution in [0.25, 0.3) is 16.9 Å². The highest BCUT2D eigenvalue weighted by atomic mass is 79.9. The Morgan fingerprint density at radius 2 is 2.15 bits per heavy atom. The fraction of sp³-hybridized carbons (Fsp3) is 0.0714. The van der Waals surface area contributed by atoms with Gasteiger partial charge in [-0.15, -0.1) is 0 Å². The Balaban J connectivity index is 2.24. The molecule has 0 aliphatic carbocycles. The van der Waals surface area contributed by atoms with Crippen LogP contribution in [0.5, 0.6) is 0 Å². The molecule has 6 heteroatoms. The molecular formula is C14H10BrN3O2. The van der Waals surface area contributed by atoms with Gasteiger partial charge in [-0.2, -0.15) is 5.10 Å². The summed E-state index contributed by atoms with van der Waals surface area (Å²) in [5, 5.41) is 4.18. The third-order valence-electron chi connectivity index (χ3n) is 2.95. The second-order valence-electron chi connectivity index (χ2n) is 4.13. The smallest absolute Gasteiger partial charge is 0.341 e. The minimum atomic E-state index is -0.427. The molecule has 5 nitrogen and oxygen atoms in total. The predicted molar refractivity (Wildman–Crippen MR) is 77.5 cm³/mol. The summed E-state index contributed by atoms with van der Waals surface area (Å²) in [7, 11) is 1.34. The van der Waals surface area contributed by atoms with Crippen molar-refractivity contribution in [3.63, 3.8) is 0 Å². The molecule has 0 spiro atoms. The molecule has 2 heterocycles. The second kappa shape index (κ2) is 5.05. The van der Waals surface area contributed by atoms with Gasteiger partial charge < -0.3 is 4.74 Å². The summed E-state index contributed by atoms with van der Waals surface area (Å²) in [4.78, 5) is 15.9. The molecule has 0 amide bonds. The van der Waals surface area contributed by atoms with E-state index >= 15 is 0 Å². The Labute approximate surface area is 123 Å². The van der Waals surface area contributed by atoms with E-state index in [1.54, 1.807) is 10.6 Å². The van der Waals surface area contributed by atoms with Crippen LogP contribution in [0.15, 0.2) is 47.2 Å². The third-order valence-corrected chi connectivity index (χ3v) is 3.44. The van der Waals surface area contributed by atoms with E-state index in [1.807, 2.05) is 30.3 Å². The number of halogens is 1. The van der Waals surface area contributed by atoms with Crippen molar-refractivity contribution < 1.29 is 9.53 Å². The summed E-state index contributed by atoms with van der Waals surface area (Å²) < 4.78 is 7.36. The van der Waals surface area contributed by atoms with E-state index < -0.39 is 5.97 Å². The normalized spacial score (nSPS) is 10.7. The molecule has 100 valence electrons. The molecule has 0 fully saturated rings. The van der Waals surface area contributed by atoms with E-state index in [1.165, 1.54) is 13.4 Å². The Kier molecular flexibility index (Phi) is 3.23. The Bertz CT molecular complexity index is 798. The molecule has 2 aromatic heterocycles. The van der Waals surface area contributed by atoms with Gasteiger partial charge in [0.1, 0.15) is 11.9 Å². The number of hydrogen-bond donors (Lipinski definition) is 0.